The van der Waals surface area contributed by atoms with Gasteiger partial charge in [-0.1, -0.05) is 25.1 Å². The second-order valence-corrected chi connectivity index (χ2v) is 6.42. The highest BCUT2D eigenvalue weighted by atomic mass is 32.2. The highest BCUT2D eigenvalue weighted by Crippen LogP contribution is 2.39. The van der Waals surface area contributed by atoms with Crippen LogP contribution in [0.4, 0.5) is 0 Å². The zero-order chi connectivity index (χ0) is 14.6. The Hall–Kier alpha value is -1.01. The normalized spacial score (nSPS) is 26.0. The SMILES string of the molecule is CCNC1(C(=O)O)CCCC1CCSc1nccn1C. The number of thioether (sulfide) groups is 1. The van der Waals surface area contributed by atoms with Crippen molar-refractivity contribution in [2.24, 2.45) is 13.0 Å². The molecule has 1 fully saturated rings. The van der Waals surface area contributed by atoms with Crippen LogP contribution in [0.2, 0.25) is 0 Å². The van der Waals surface area contributed by atoms with Gasteiger partial charge in [0.05, 0.1) is 0 Å². The molecule has 2 N–H and O–H groups in total. The zero-order valence-corrected chi connectivity index (χ0v) is 12.9. The van der Waals surface area contributed by atoms with Gasteiger partial charge in [-0.25, -0.2) is 4.98 Å². The monoisotopic (exact) mass is 297 g/mol. The van der Waals surface area contributed by atoms with Gasteiger partial charge in [0.15, 0.2) is 5.16 Å². The summed E-state index contributed by atoms with van der Waals surface area (Å²) in [5.41, 5.74) is -0.711. The summed E-state index contributed by atoms with van der Waals surface area (Å²) in [5, 5.41) is 13.8. The molecule has 20 heavy (non-hydrogen) atoms. The van der Waals surface area contributed by atoms with E-state index in [0.717, 1.165) is 36.6 Å². The molecule has 2 unspecified atom stereocenters. The van der Waals surface area contributed by atoms with Gasteiger partial charge in [0.2, 0.25) is 0 Å². The lowest BCUT2D eigenvalue weighted by molar-refractivity contribution is -0.146. The maximum atomic E-state index is 11.7. The first-order valence-electron chi connectivity index (χ1n) is 7.18. The van der Waals surface area contributed by atoms with E-state index in [1.807, 2.05) is 24.7 Å². The minimum Gasteiger partial charge on any atom is -0.480 e. The molecule has 0 aromatic carbocycles. The molecule has 5 nitrogen and oxygen atoms in total. The number of hydrogen-bond acceptors (Lipinski definition) is 4. The Kier molecular flexibility index (Phi) is 5.10. The van der Waals surface area contributed by atoms with E-state index in [1.54, 1.807) is 18.0 Å². The molecule has 6 heteroatoms. The molecule has 0 saturated heterocycles. The molecule has 2 rings (SSSR count). The van der Waals surface area contributed by atoms with Crippen molar-refractivity contribution in [1.82, 2.24) is 14.9 Å². The quantitative estimate of drug-likeness (QED) is 0.755. The van der Waals surface area contributed by atoms with Crippen LogP contribution in [0.5, 0.6) is 0 Å². The number of carboxylic acid groups (broad SMARTS) is 1. The van der Waals surface area contributed by atoms with Crippen LogP contribution in [0.3, 0.4) is 0 Å². The number of rotatable bonds is 7. The first-order valence-corrected chi connectivity index (χ1v) is 8.17. The third kappa shape index (κ3) is 3.01. The van der Waals surface area contributed by atoms with E-state index in [4.69, 9.17) is 0 Å². The molecule has 1 aromatic rings. The zero-order valence-electron chi connectivity index (χ0n) is 12.1. The molecule has 0 radical (unpaired) electrons. The predicted octanol–water partition coefficient (Wildman–Crippen LogP) is 2.14. The van der Waals surface area contributed by atoms with Gasteiger partial charge in [-0.3, -0.25) is 4.79 Å². The first-order chi connectivity index (χ1) is 9.60. The van der Waals surface area contributed by atoms with Crippen molar-refractivity contribution in [1.29, 1.82) is 0 Å². The molecular weight excluding hydrogens is 274 g/mol. The third-order valence-electron chi connectivity index (χ3n) is 4.17. The Morgan fingerprint density at radius 1 is 1.70 bits per heavy atom. The fourth-order valence-corrected chi connectivity index (χ4v) is 4.14. The van der Waals surface area contributed by atoms with Crippen molar-refractivity contribution in [3.8, 4) is 0 Å². The van der Waals surface area contributed by atoms with E-state index in [-0.39, 0.29) is 5.92 Å². The highest BCUT2D eigenvalue weighted by molar-refractivity contribution is 7.99. The molecule has 0 aliphatic heterocycles. The standard InChI is InChI=1S/C14H23N3O2S/c1-3-16-14(12(18)19)7-4-5-11(14)6-10-20-13-15-8-9-17(13)2/h8-9,11,16H,3-7,10H2,1-2H3,(H,18,19). The number of nitrogens with zero attached hydrogens (tertiary/aromatic N) is 2. The van der Waals surface area contributed by atoms with Crippen LogP contribution in [-0.4, -0.2) is 38.5 Å². The second kappa shape index (κ2) is 6.63. The summed E-state index contributed by atoms with van der Waals surface area (Å²) in [7, 11) is 1.98. The number of nitrogens with one attached hydrogen (secondary N) is 1. The van der Waals surface area contributed by atoms with Gasteiger partial charge in [-0.2, -0.15) is 0 Å². The van der Waals surface area contributed by atoms with Gasteiger partial charge in [0, 0.05) is 25.2 Å². The lowest BCUT2D eigenvalue weighted by atomic mass is 9.85. The smallest absolute Gasteiger partial charge is 0.324 e. The van der Waals surface area contributed by atoms with E-state index in [2.05, 4.69) is 10.3 Å². The van der Waals surface area contributed by atoms with E-state index in [9.17, 15) is 9.90 Å². The van der Waals surface area contributed by atoms with Crippen LogP contribution in [0, 0.1) is 5.92 Å². The van der Waals surface area contributed by atoms with Crippen molar-refractivity contribution >= 4 is 17.7 Å². The molecule has 2 atom stereocenters. The Morgan fingerprint density at radius 3 is 3.10 bits per heavy atom. The molecule has 1 aliphatic carbocycles. The molecule has 0 bridgehead atoms. The van der Waals surface area contributed by atoms with Gasteiger partial charge in [-0.05, 0) is 31.7 Å². The molecule has 0 spiro atoms. The number of carboxylic acids is 1. The van der Waals surface area contributed by atoms with Crippen LogP contribution in [0.25, 0.3) is 0 Å². The minimum atomic E-state index is -0.711. The van der Waals surface area contributed by atoms with Crippen LogP contribution in [0.15, 0.2) is 17.6 Å². The Balaban J connectivity index is 1.94. The summed E-state index contributed by atoms with van der Waals surface area (Å²) in [6.07, 6.45) is 7.37. The number of likely N-dealkylation sites (N-methyl/N-ethyl adjacent to an activating group) is 1. The summed E-state index contributed by atoms with van der Waals surface area (Å²) in [5.74, 6) is 0.437. The Labute approximate surface area is 124 Å². The Bertz CT molecular complexity index is 463. The van der Waals surface area contributed by atoms with Gasteiger partial charge >= 0.3 is 5.97 Å². The van der Waals surface area contributed by atoms with Crippen LogP contribution < -0.4 is 5.32 Å². The van der Waals surface area contributed by atoms with Crippen LogP contribution >= 0.6 is 11.8 Å². The number of aliphatic carboxylic acids is 1. The van der Waals surface area contributed by atoms with Crippen molar-refractivity contribution in [3.63, 3.8) is 0 Å². The fraction of sp³-hybridized carbons (Fsp3) is 0.714. The molecule has 1 heterocycles. The maximum absolute atomic E-state index is 11.7. The predicted molar refractivity (Wildman–Crippen MR) is 79.9 cm³/mol. The van der Waals surface area contributed by atoms with Gasteiger partial charge in [0.1, 0.15) is 5.54 Å². The van der Waals surface area contributed by atoms with Gasteiger partial charge in [0.25, 0.3) is 0 Å². The van der Waals surface area contributed by atoms with Gasteiger partial charge < -0.3 is 15.0 Å². The van der Waals surface area contributed by atoms with E-state index in [1.165, 1.54) is 0 Å². The first kappa shape index (κ1) is 15.4. The van der Waals surface area contributed by atoms with Crippen LogP contribution in [-0.2, 0) is 11.8 Å². The molecule has 1 aliphatic rings. The van der Waals surface area contributed by atoms with Crippen LogP contribution in [0.1, 0.15) is 32.6 Å². The molecule has 1 saturated carbocycles. The lowest BCUT2D eigenvalue weighted by Crippen LogP contribution is -2.54. The van der Waals surface area contributed by atoms with E-state index in [0.29, 0.717) is 6.54 Å². The number of imidazole rings is 1. The number of carbonyl (C=O) groups is 1. The Morgan fingerprint density at radius 2 is 2.50 bits per heavy atom. The topological polar surface area (TPSA) is 67.2 Å². The average molecular weight is 297 g/mol. The minimum absolute atomic E-state index is 0.215. The lowest BCUT2D eigenvalue weighted by Gasteiger charge is -2.32. The molecule has 0 amide bonds. The van der Waals surface area contributed by atoms with E-state index >= 15 is 0 Å². The van der Waals surface area contributed by atoms with E-state index < -0.39 is 11.5 Å². The largest absolute Gasteiger partial charge is 0.480 e. The van der Waals surface area contributed by atoms with Crippen molar-refractivity contribution in [3.05, 3.63) is 12.4 Å². The molecular formula is C14H23N3O2S. The second-order valence-electron chi connectivity index (χ2n) is 5.35. The summed E-state index contributed by atoms with van der Waals surface area (Å²) < 4.78 is 1.99. The highest BCUT2D eigenvalue weighted by Gasteiger charge is 2.48. The average Bonchev–Trinajstić information content (AvgIpc) is 2.99. The summed E-state index contributed by atoms with van der Waals surface area (Å²) >= 11 is 1.70. The summed E-state index contributed by atoms with van der Waals surface area (Å²) in [6, 6.07) is 0. The van der Waals surface area contributed by atoms with Gasteiger partial charge in [-0.15, -0.1) is 0 Å². The number of aromatic nitrogens is 2. The number of aryl methyl sites for hydroxylation is 1. The number of hydrogen-bond donors (Lipinski definition) is 2. The van der Waals surface area contributed by atoms with Crippen molar-refractivity contribution in [2.45, 2.75) is 43.3 Å². The fourth-order valence-electron chi connectivity index (χ4n) is 3.16. The van der Waals surface area contributed by atoms with Crippen molar-refractivity contribution in [2.75, 3.05) is 12.3 Å². The van der Waals surface area contributed by atoms with Crippen molar-refractivity contribution < 1.29 is 9.90 Å². The maximum Gasteiger partial charge on any atom is 0.324 e. The summed E-state index contributed by atoms with van der Waals surface area (Å²) in [4.78, 5) is 16.0. The summed E-state index contributed by atoms with van der Waals surface area (Å²) in [6.45, 7) is 2.68. The molecule has 112 valence electrons. The third-order valence-corrected chi connectivity index (χ3v) is 5.26. The molecule has 1 aromatic heterocycles.